The second-order valence-corrected chi connectivity index (χ2v) is 19.5. The number of hydrogen-bond acceptors (Lipinski definition) is 8. The van der Waals surface area contributed by atoms with Crippen molar-refractivity contribution in [3.63, 3.8) is 0 Å². The van der Waals surface area contributed by atoms with E-state index in [-0.39, 0.29) is 54.0 Å². The lowest BCUT2D eigenvalue weighted by Gasteiger charge is -2.41. The summed E-state index contributed by atoms with van der Waals surface area (Å²) in [6, 6.07) is 17.3. The molecule has 1 aliphatic rings. The molecule has 2 aromatic carbocycles. The molecule has 362 valence electrons. The van der Waals surface area contributed by atoms with Crippen LogP contribution in [0.3, 0.4) is 0 Å². The van der Waals surface area contributed by atoms with Gasteiger partial charge in [0.2, 0.25) is 23.6 Å². The van der Waals surface area contributed by atoms with E-state index >= 15 is 0 Å². The monoisotopic (exact) mass is 904 g/mol. The summed E-state index contributed by atoms with van der Waals surface area (Å²) in [5.41, 5.74) is 1.53. The first-order chi connectivity index (χ1) is 30.6. The summed E-state index contributed by atoms with van der Waals surface area (Å²) in [5, 5.41) is 6.24. The highest BCUT2D eigenvalue weighted by molar-refractivity contribution is 5.92. The number of allylic oxidation sites excluding steroid dienone is 1. The summed E-state index contributed by atoms with van der Waals surface area (Å²) in [7, 11) is 6.38. The zero-order chi connectivity index (χ0) is 48.6. The second kappa shape index (κ2) is 25.8. The number of benzene rings is 2. The van der Waals surface area contributed by atoms with Crippen molar-refractivity contribution in [2.45, 2.75) is 156 Å². The molecule has 0 saturated carbocycles. The molecule has 0 bridgehead atoms. The third-order valence-corrected chi connectivity index (χ3v) is 12.7. The van der Waals surface area contributed by atoms with E-state index in [0.29, 0.717) is 25.8 Å². The van der Waals surface area contributed by atoms with E-state index in [9.17, 15) is 24.0 Å². The summed E-state index contributed by atoms with van der Waals surface area (Å²) >= 11 is 0. The smallest absolute Gasteiger partial charge is 0.410 e. The molecule has 0 spiro atoms. The van der Waals surface area contributed by atoms with Crippen molar-refractivity contribution < 1.29 is 38.2 Å². The molecule has 0 aromatic heterocycles. The fraction of sp³-hybridized carbons (Fsp3) is 0.635. The normalized spacial score (nSPS) is 18.0. The standard InChI is InChI=1S/C52H81N5O8/c1-15-36(6)46(55(11)50(61)44(34(2)3)54-49(60)45(35(4)5)56(12)51(62)65-52(8,9)10)42(63-13)33-43(58)57-31-23-30-41(57)47(64-14)37(7)48(59)53-40(32-39-26-20-17-21-27-39)29-22-28-38-24-18-16-19-25-38/h16-22,24-27,29,34-37,40-42,44-47H,15,23,28,30-33H2,1-14H3,(H,53,59)(H,54,60)/t36-,37+,40+,41-,42+,44-,45-,46-,47+/m0/s1. The molecule has 0 radical (unpaired) electrons. The fourth-order valence-corrected chi connectivity index (χ4v) is 8.98. The van der Waals surface area contributed by atoms with Gasteiger partial charge in [-0.3, -0.25) is 24.1 Å². The minimum atomic E-state index is -0.926. The highest BCUT2D eigenvalue weighted by Crippen LogP contribution is 2.30. The van der Waals surface area contributed by atoms with E-state index in [2.05, 4.69) is 47.1 Å². The Morgan fingerprint density at radius 1 is 0.815 bits per heavy atom. The van der Waals surface area contributed by atoms with Crippen molar-refractivity contribution in [1.82, 2.24) is 25.3 Å². The van der Waals surface area contributed by atoms with Crippen LogP contribution in [0.15, 0.2) is 72.8 Å². The molecule has 2 N–H and O–H groups in total. The number of rotatable bonds is 23. The lowest BCUT2D eigenvalue weighted by Crippen LogP contribution is -2.60. The zero-order valence-corrected chi connectivity index (χ0v) is 41.8. The van der Waals surface area contributed by atoms with Gasteiger partial charge < -0.3 is 34.6 Å². The van der Waals surface area contributed by atoms with E-state index in [1.54, 1.807) is 46.9 Å². The lowest BCUT2D eigenvalue weighted by molar-refractivity contribution is -0.148. The van der Waals surface area contributed by atoms with Gasteiger partial charge in [0.1, 0.15) is 17.7 Å². The second-order valence-electron chi connectivity index (χ2n) is 19.5. The van der Waals surface area contributed by atoms with Crippen LogP contribution in [0.5, 0.6) is 0 Å². The average Bonchev–Trinajstić information content (AvgIpc) is 3.74. The molecule has 13 nitrogen and oxygen atoms in total. The minimum absolute atomic E-state index is 0.00317. The maximum absolute atomic E-state index is 14.5. The van der Waals surface area contributed by atoms with Crippen LogP contribution in [0.1, 0.15) is 106 Å². The molecule has 13 heteroatoms. The van der Waals surface area contributed by atoms with Crippen molar-refractivity contribution in [1.29, 1.82) is 0 Å². The molecule has 1 fully saturated rings. The van der Waals surface area contributed by atoms with Gasteiger partial charge in [-0.2, -0.15) is 0 Å². The Morgan fingerprint density at radius 3 is 1.94 bits per heavy atom. The number of hydrogen-bond donors (Lipinski definition) is 2. The number of nitrogens with zero attached hydrogens (tertiary/aromatic N) is 3. The molecule has 1 aliphatic heterocycles. The topological polar surface area (TPSA) is 147 Å². The molecule has 3 rings (SSSR count). The molecule has 5 amide bonds. The van der Waals surface area contributed by atoms with Crippen LogP contribution in [0.4, 0.5) is 4.79 Å². The molecule has 9 atom stereocenters. The van der Waals surface area contributed by atoms with E-state index in [4.69, 9.17) is 14.2 Å². The van der Waals surface area contributed by atoms with Crippen LogP contribution >= 0.6 is 0 Å². The number of ether oxygens (including phenoxy) is 3. The van der Waals surface area contributed by atoms with E-state index in [1.807, 2.05) is 89.8 Å². The number of amides is 5. The van der Waals surface area contributed by atoms with E-state index < -0.39 is 53.9 Å². The van der Waals surface area contributed by atoms with Gasteiger partial charge in [-0.15, -0.1) is 0 Å². The van der Waals surface area contributed by atoms with Crippen LogP contribution in [0.2, 0.25) is 0 Å². The van der Waals surface area contributed by atoms with Gasteiger partial charge in [-0.25, -0.2) is 4.79 Å². The number of methoxy groups -OCH3 is 2. The Hall–Kier alpha value is -4.75. The molecular weight excluding hydrogens is 823 g/mol. The van der Waals surface area contributed by atoms with Crippen molar-refractivity contribution in [3.05, 3.63) is 83.9 Å². The highest BCUT2D eigenvalue weighted by atomic mass is 16.6. The van der Waals surface area contributed by atoms with Crippen molar-refractivity contribution in [2.75, 3.05) is 34.9 Å². The Labute approximate surface area is 390 Å². The van der Waals surface area contributed by atoms with Crippen molar-refractivity contribution >= 4 is 29.7 Å². The van der Waals surface area contributed by atoms with Gasteiger partial charge in [0.15, 0.2) is 0 Å². The predicted molar refractivity (Wildman–Crippen MR) is 257 cm³/mol. The van der Waals surface area contributed by atoms with Gasteiger partial charge in [0.25, 0.3) is 0 Å². The quantitative estimate of drug-likeness (QED) is 0.109. The SMILES string of the molecule is CC[C@H](C)[C@@H]([C@@H](CC(=O)N1CCC[C@H]1[C@H](OC)[C@@H](C)C(=O)N[C@H](C=CCc1ccccc1)Cc1ccccc1)OC)N(C)C(=O)[C@@H](NC(=O)[C@H](C(C)C)N(C)C(=O)OC(C)(C)C)C(C)C. The Bertz CT molecular complexity index is 1830. The van der Waals surface area contributed by atoms with Crippen LogP contribution in [-0.2, 0) is 46.2 Å². The first-order valence-corrected chi connectivity index (χ1v) is 23.6. The van der Waals surface area contributed by atoms with E-state index in [1.165, 1.54) is 17.5 Å². The molecule has 0 unspecified atom stereocenters. The van der Waals surface area contributed by atoms with Gasteiger partial charge in [-0.1, -0.05) is 128 Å². The fourth-order valence-electron chi connectivity index (χ4n) is 8.98. The van der Waals surface area contributed by atoms with Crippen molar-refractivity contribution in [2.24, 2.45) is 23.7 Å². The average molecular weight is 904 g/mol. The van der Waals surface area contributed by atoms with Gasteiger partial charge >= 0.3 is 6.09 Å². The van der Waals surface area contributed by atoms with Crippen molar-refractivity contribution in [3.8, 4) is 0 Å². The van der Waals surface area contributed by atoms with Crippen LogP contribution in [-0.4, -0.2) is 127 Å². The number of carbonyl (C=O) groups is 5. The molecule has 2 aromatic rings. The largest absolute Gasteiger partial charge is 0.444 e. The minimum Gasteiger partial charge on any atom is -0.444 e. The summed E-state index contributed by atoms with van der Waals surface area (Å²) in [6.45, 7) is 19.1. The first-order valence-electron chi connectivity index (χ1n) is 23.6. The maximum atomic E-state index is 14.5. The summed E-state index contributed by atoms with van der Waals surface area (Å²) in [6.07, 6.45) is 5.76. The first kappa shape index (κ1) is 54.6. The molecule has 1 heterocycles. The highest BCUT2D eigenvalue weighted by Gasteiger charge is 2.43. The third kappa shape index (κ3) is 16.0. The predicted octanol–water partition coefficient (Wildman–Crippen LogP) is 7.47. The third-order valence-electron chi connectivity index (χ3n) is 12.7. The summed E-state index contributed by atoms with van der Waals surface area (Å²) < 4.78 is 17.7. The molecule has 65 heavy (non-hydrogen) atoms. The number of carbonyl (C=O) groups excluding carboxylic acids is 5. The van der Waals surface area contributed by atoms with Gasteiger partial charge in [0.05, 0.1) is 42.7 Å². The Morgan fingerprint density at radius 2 is 1.42 bits per heavy atom. The van der Waals surface area contributed by atoms with Crippen LogP contribution < -0.4 is 10.6 Å². The Kier molecular flexibility index (Phi) is 21.7. The Balaban J connectivity index is 1.80. The summed E-state index contributed by atoms with van der Waals surface area (Å²) in [5.74, 6) is -2.33. The molecule has 1 saturated heterocycles. The van der Waals surface area contributed by atoms with Gasteiger partial charge in [-0.05, 0) is 75.3 Å². The van der Waals surface area contributed by atoms with Crippen LogP contribution in [0.25, 0.3) is 0 Å². The lowest BCUT2D eigenvalue weighted by atomic mass is 9.89. The maximum Gasteiger partial charge on any atom is 0.410 e. The van der Waals surface area contributed by atoms with E-state index in [0.717, 1.165) is 18.4 Å². The number of likely N-dealkylation sites (tertiary alicyclic amines) is 1. The van der Waals surface area contributed by atoms with Crippen LogP contribution in [0, 0.1) is 23.7 Å². The molecular formula is C52H81N5O8. The van der Waals surface area contributed by atoms with Gasteiger partial charge in [0, 0.05) is 34.9 Å². The summed E-state index contributed by atoms with van der Waals surface area (Å²) in [4.78, 5) is 74.8. The zero-order valence-electron chi connectivity index (χ0n) is 41.8. The number of nitrogens with one attached hydrogen (secondary N) is 2. The molecule has 0 aliphatic carbocycles. The number of likely N-dealkylation sites (N-methyl/N-ethyl adjacent to an activating group) is 2.